The van der Waals surface area contributed by atoms with Crippen LogP contribution in [0, 0.1) is 5.92 Å². The minimum Gasteiger partial charge on any atom is -0.496 e. The van der Waals surface area contributed by atoms with Gasteiger partial charge < -0.3 is 14.8 Å². The number of hydrogen-bond acceptors (Lipinski definition) is 3. The molecule has 1 aromatic rings. The second-order valence-corrected chi connectivity index (χ2v) is 5.07. The van der Waals surface area contributed by atoms with E-state index in [0.717, 1.165) is 0 Å². The van der Waals surface area contributed by atoms with Gasteiger partial charge in [0.25, 0.3) is 5.91 Å². The lowest BCUT2D eigenvalue weighted by molar-refractivity contribution is 0.0946. The van der Waals surface area contributed by atoms with E-state index in [0.29, 0.717) is 29.5 Å². The predicted molar refractivity (Wildman–Crippen MR) is 76.4 cm³/mol. The zero-order chi connectivity index (χ0) is 14.4. The lowest BCUT2D eigenvalue weighted by Crippen LogP contribution is -2.32. The number of carbonyl (C=O) groups excluding carboxylic acids is 1. The second-order valence-electron chi connectivity index (χ2n) is 4.51. The Morgan fingerprint density at radius 1 is 1.26 bits per heavy atom. The largest absolute Gasteiger partial charge is 0.496 e. The normalized spacial score (nSPS) is 12.1. The summed E-state index contributed by atoms with van der Waals surface area (Å²) < 4.78 is 10.4. The molecule has 0 aromatic heterocycles. The number of amides is 1. The maximum Gasteiger partial charge on any atom is 0.258 e. The average Bonchev–Trinajstić information content (AvgIpc) is 2.42. The van der Waals surface area contributed by atoms with Gasteiger partial charge in [-0.2, -0.15) is 0 Å². The van der Waals surface area contributed by atoms with Gasteiger partial charge in [0.2, 0.25) is 0 Å². The van der Waals surface area contributed by atoms with E-state index in [4.69, 9.17) is 21.1 Å². The lowest BCUT2D eigenvalue weighted by Gasteiger charge is -2.16. The highest BCUT2D eigenvalue weighted by Gasteiger charge is 2.19. The number of halogens is 1. The van der Waals surface area contributed by atoms with Crippen molar-refractivity contribution in [1.29, 1.82) is 0 Å². The topological polar surface area (TPSA) is 47.6 Å². The summed E-state index contributed by atoms with van der Waals surface area (Å²) in [6, 6.07) is 5.21. The van der Waals surface area contributed by atoms with Crippen molar-refractivity contribution < 1.29 is 14.3 Å². The molecule has 0 radical (unpaired) electrons. The van der Waals surface area contributed by atoms with Crippen LogP contribution in [0.2, 0.25) is 0 Å². The van der Waals surface area contributed by atoms with Crippen molar-refractivity contribution in [1.82, 2.24) is 5.32 Å². The summed E-state index contributed by atoms with van der Waals surface area (Å²) in [5, 5.41) is 2.69. The number of hydrogen-bond donors (Lipinski definition) is 1. The SMILES string of the molecule is COc1cccc(OC)c1C(=O)NCC(Cl)C(C)C. The van der Waals surface area contributed by atoms with E-state index in [-0.39, 0.29) is 11.3 Å². The number of benzene rings is 1. The molecule has 0 fully saturated rings. The molecule has 1 N–H and O–H groups in total. The van der Waals surface area contributed by atoms with Crippen molar-refractivity contribution >= 4 is 17.5 Å². The van der Waals surface area contributed by atoms with Crippen LogP contribution in [-0.2, 0) is 0 Å². The molecule has 1 amide bonds. The first-order chi connectivity index (χ1) is 9.01. The molecule has 0 aliphatic carbocycles. The summed E-state index contributed by atoms with van der Waals surface area (Å²) in [5.41, 5.74) is 0.389. The van der Waals surface area contributed by atoms with Crippen molar-refractivity contribution in [2.75, 3.05) is 20.8 Å². The van der Waals surface area contributed by atoms with E-state index >= 15 is 0 Å². The van der Waals surface area contributed by atoms with E-state index in [1.807, 2.05) is 13.8 Å². The molecule has 0 saturated heterocycles. The fraction of sp³-hybridized carbons (Fsp3) is 0.500. The monoisotopic (exact) mass is 285 g/mol. The third-order valence-electron chi connectivity index (χ3n) is 2.84. The van der Waals surface area contributed by atoms with Crippen LogP contribution in [0.15, 0.2) is 18.2 Å². The summed E-state index contributed by atoms with van der Waals surface area (Å²) in [6.45, 7) is 4.42. The van der Waals surface area contributed by atoms with Crippen molar-refractivity contribution in [3.05, 3.63) is 23.8 Å². The molecule has 4 nitrogen and oxygen atoms in total. The first kappa shape index (κ1) is 15.6. The van der Waals surface area contributed by atoms with E-state index in [2.05, 4.69) is 5.32 Å². The molecule has 5 heteroatoms. The molecule has 19 heavy (non-hydrogen) atoms. The molecular formula is C14H20ClNO3. The zero-order valence-electron chi connectivity index (χ0n) is 11.7. The van der Waals surface area contributed by atoms with Crippen LogP contribution in [-0.4, -0.2) is 32.0 Å². The van der Waals surface area contributed by atoms with Crippen LogP contribution in [0.3, 0.4) is 0 Å². The van der Waals surface area contributed by atoms with Gasteiger partial charge in [-0.15, -0.1) is 11.6 Å². The summed E-state index contributed by atoms with van der Waals surface area (Å²) in [4.78, 5) is 12.2. The predicted octanol–water partition coefficient (Wildman–Crippen LogP) is 2.70. The van der Waals surface area contributed by atoms with Crippen LogP contribution >= 0.6 is 11.6 Å². The minimum absolute atomic E-state index is 0.107. The van der Waals surface area contributed by atoms with Gasteiger partial charge in [0.1, 0.15) is 17.1 Å². The molecule has 106 valence electrons. The van der Waals surface area contributed by atoms with Crippen LogP contribution in [0.5, 0.6) is 11.5 Å². The third kappa shape index (κ3) is 4.03. The average molecular weight is 286 g/mol. The first-order valence-electron chi connectivity index (χ1n) is 6.14. The van der Waals surface area contributed by atoms with E-state index in [1.54, 1.807) is 18.2 Å². The number of rotatable bonds is 6. The third-order valence-corrected chi connectivity index (χ3v) is 3.49. The Labute approximate surface area is 119 Å². The minimum atomic E-state index is -0.249. The van der Waals surface area contributed by atoms with E-state index in [9.17, 15) is 4.79 Å². The van der Waals surface area contributed by atoms with Gasteiger partial charge in [0, 0.05) is 6.54 Å². The molecular weight excluding hydrogens is 266 g/mol. The molecule has 0 heterocycles. The van der Waals surface area contributed by atoms with Crippen molar-refractivity contribution in [3.63, 3.8) is 0 Å². The van der Waals surface area contributed by atoms with Gasteiger partial charge in [-0.25, -0.2) is 0 Å². The summed E-state index contributed by atoms with van der Waals surface area (Å²) in [6.07, 6.45) is 0. The van der Waals surface area contributed by atoms with Crippen LogP contribution in [0.4, 0.5) is 0 Å². The Balaban J connectivity index is 2.86. The van der Waals surface area contributed by atoms with Crippen molar-refractivity contribution in [2.24, 2.45) is 5.92 Å². The fourth-order valence-corrected chi connectivity index (χ4v) is 1.67. The van der Waals surface area contributed by atoms with Gasteiger partial charge in [0.05, 0.1) is 19.6 Å². The van der Waals surface area contributed by atoms with Crippen LogP contribution < -0.4 is 14.8 Å². The van der Waals surface area contributed by atoms with Gasteiger partial charge in [-0.3, -0.25) is 4.79 Å². The summed E-state index contributed by atoms with van der Waals surface area (Å²) in [7, 11) is 3.04. The number of alkyl halides is 1. The highest BCUT2D eigenvalue weighted by Crippen LogP contribution is 2.28. The lowest BCUT2D eigenvalue weighted by atomic mass is 10.1. The maximum absolute atomic E-state index is 12.2. The Hall–Kier alpha value is -1.42. The fourth-order valence-electron chi connectivity index (χ4n) is 1.59. The molecule has 1 aromatic carbocycles. The smallest absolute Gasteiger partial charge is 0.258 e. The van der Waals surface area contributed by atoms with Crippen LogP contribution in [0.1, 0.15) is 24.2 Å². The maximum atomic E-state index is 12.2. The molecule has 0 aliphatic heterocycles. The molecule has 0 spiro atoms. The Bertz CT molecular complexity index is 412. The van der Waals surface area contributed by atoms with Crippen molar-refractivity contribution in [2.45, 2.75) is 19.2 Å². The molecule has 0 aliphatic rings. The number of nitrogens with one attached hydrogen (secondary N) is 1. The van der Waals surface area contributed by atoms with Gasteiger partial charge in [-0.1, -0.05) is 19.9 Å². The highest BCUT2D eigenvalue weighted by molar-refractivity contribution is 6.21. The first-order valence-corrected chi connectivity index (χ1v) is 6.58. The Morgan fingerprint density at radius 3 is 2.21 bits per heavy atom. The number of ether oxygens (including phenoxy) is 2. The Morgan fingerprint density at radius 2 is 1.79 bits per heavy atom. The molecule has 0 bridgehead atoms. The standard InChI is InChI=1S/C14H20ClNO3/c1-9(2)10(15)8-16-14(17)13-11(18-3)6-5-7-12(13)19-4/h5-7,9-10H,8H2,1-4H3,(H,16,17). The second kappa shape index (κ2) is 7.24. The van der Waals surface area contributed by atoms with Gasteiger partial charge in [0.15, 0.2) is 0 Å². The van der Waals surface area contributed by atoms with E-state index in [1.165, 1.54) is 14.2 Å². The zero-order valence-corrected chi connectivity index (χ0v) is 12.5. The summed E-state index contributed by atoms with van der Waals surface area (Å²) in [5.74, 6) is 1.00. The van der Waals surface area contributed by atoms with Crippen molar-refractivity contribution in [3.8, 4) is 11.5 Å². The summed E-state index contributed by atoms with van der Waals surface area (Å²) >= 11 is 6.12. The van der Waals surface area contributed by atoms with E-state index < -0.39 is 0 Å². The number of carbonyl (C=O) groups is 1. The van der Waals surface area contributed by atoms with Crippen LogP contribution in [0.25, 0.3) is 0 Å². The molecule has 0 saturated carbocycles. The Kier molecular flexibility index (Phi) is 5.96. The van der Waals surface area contributed by atoms with Gasteiger partial charge in [-0.05, 0) is 18.1 Å². The number of methoxy groups -OCH3 is 2. The molecule has 1 unspecified atom stereocenters. The quantitative estimate of drug-likeness (QED) is 0.818. The molecule has 1 rings (SSSR count). The highest BCUT2D eigenvalue weighted by atomic mass is 35.5. The van der Waals surface area contributed by atoms with Gasteiger partial charge >= 0.3 is 0 Å². The molecule has 1 atom stereocenters.